The number of benzene rings is 4. The molecule has 0 bridgehead atoms. The van der Waals surface area contributed by atoms with E-state index >= 15 is 0 Å². The quantitative estimate of drug-likeness (QED) is 0.0199. The van der Waals surface area contributed by atoms with Crippen LogP contribution in [-0.2, 0) is 83.2 Å². The molecule has 95 heavy (non-hydrogen) atoms. The molecule has 512 valence electrons. The molecule has 0 radical (unpaired) electrons. The van der Waals surface area contributed by atoms with Gasteiger partial charge >= 0.3 is 5.97 Å². The lowest BCUT2D eigenvalue weighted by molar-refractivity contribution is -0.151. The van der Waals surface area contributed by atoms with Crippen molar-refractivity contribution in [1.82, 2.24) is 51.6 Å². The van der Waals surface area contributed by atoms with E-state index < -0.39 is 168 Å². The fourth-order valence-corrected chi connectivity index (χ4v) is 10.9. The Kier molecular flexibility index (Phi) is 28.7. The topological polar surface area (TPSA) is 395 Å². The summed E-state index contributed by atoms with van der Waals surface area (Å²) >= 11 is 0.719. The second kappa shape index (κ2) is 36.0. The summed E-state index contributed by atoms with van der Waals surface area (Å²) in [5.41, 5.74) is 14.0. The average molecular weight is 1340 g/mol. The number of nitrogens with one attached hydrogen (secondary N) is 7. The van der Waals surface area contributed by atoms with Gasteiger partial charge in [-0.25, -0.2) is 13.2 Å². The molecule has 0 saturated heterocycles. The molecule has 30 heteroatoms. The number of para-hydroxylation sites is 1. The lowest BCUT2D eigenvalue weighted by Gasteiger charge is -2.36. The molecule has 9 atom stereocenters. The summed E-state index contributed by atoms with van der Waals surface area (Å²) in [6.07, 6.45) is 0.419. The highest BCUT2D eigenvalue weighted by molar-refractivity contribution is 8.00. The minimum atomic E-state index is -1.83. The molecule has 10 amide bonds. The zero-order valence-electron chi connectivity index (χ0n) is 53.5. The van der Waals surface area contributed by atoms with Crippen molar-refractivity contribution in [3.8, 4) is 5.75 Å². The van der Waals surface area contributed by atoms with E-state index in [1.807, 2.05) is 24.3 Å². The molecule has 5 rings (SSSR count). The molecule has 4 aromatic carbocycles. The molecular formula is C65H81F3N12O14S. The number of fused-ring (bicyclic) bond motifs is 1. The summed E-state index contributed by atoms with van der Waals surface area (Å²) < 4.78 is 43.9. The number of hydrogen-bond acceptors (Lipinski definition) is 15. The zero-order chi connectivity index (χ0) is 70.4. The van der Waals surface area contributed by atoms with E-state index in [-0.39, 0.29) is 49.3 Å². The van der Waals surface area contributed by atoms with Crippen molar-refractivity contribution < 1.29 is 80.9 Å². The van der Waals surface area contributed by atoms with Gasteiger partial charge in [0, 0.05) is 69.7 Å². The third-order valence-electron chi connectivity index (χ3n) is 15.6. The number of carbonyl (C=O) groups excluding carboxylic acids is 11. The van der Waals surface area contributed by atoms with Gasteiger partial charge in [-0.1, -0.05) is 74.5 Å². The zero-order valence-corrected chi connectivity index (χ0v) is 54.3. The molecule has 26 nitrogen and oxygen atoms in total. The number of nitrogens with two attached hydrogens (primary N) is 2. The highest BCUT2D eigenvalue weighted by atomic mass is 32.2. The summed E-state index contributed by atoms with van der Waals surface area (Å²) in [4.78, 5) is 168. The number of nitrogens with zero attached hydrogens (tertiary/aromatic N) is 3. The maximum absolute atomic E-state index is 14.9. The normalized spacial score (nSPS) is 14.0. The van der Waals surface area contributed by atoms with Crippen LogP contribution < -0.4 is 43.4 Å². The number of phenols is 1. The van der Waals surface area contributed by atoms with E-state index in [0.29, 0.717) is 29.5 Å². The van der Waals surface area contributed by atoms with Crippen LogP contribution in [0.5, 0.6) is 5.75 Å². The van der Waals surface area contributed by atoms with Gasteiger partial charge in [0.15, 0.2) is 17.5 Å². The number of amides is 10. The number of aromatic amines is 1. The standard InChI is InChI=1S/C65H81F3N12O14S/c1-35(2)23-49(76-62(91)50(26-39-17-20-43(82)21-18-39)75-59(88)47(69)29-41-30-71-48-16-12-11-15-44(41)48)61(90)77-52(60(89)72-31-54(70)83)33-95-34-55(84)74-51(27-40-24-45(66)57(68)46(67)25-40)64(93)80(7)53(28-38-13-9-8-10-14-38)65(94)79(6)37(4)63(92)78(5)36(3)58(87)73-42(32-81)19-22-56(85)86/h8-18,20-21,24-25,30,32,35-37,42,47,49-53,71,82H,19,22-23,26-29,31,33-34,69H2,1-7H3,(H2,70,83)(H,72,89)(H,73,87)(H,74,84)(H,75,88)(H,76,91)(H,77,90)(H,85,86)/t36-,37+,42+,47+,49+,50+,51+,52+,53+/m1/s1. The van der Waals surface area contributed by atoms with Crippen molar-refractivity contribution in [3.63, 3.8) is 0 Å². The summed E-state index contributed by atoms with van der Waals surface area (Å²) in [6.45, 7) is 5.48. The molecule has 5 aromatic rings. The highest BCUT2D eigenvalue weighted by Gasteiger charge is 2.39. The second-order valence-electron chi connectivity index (χ2n) is 23.3. The summed E-state index contributed by atoms with van der Waals surface area (Å²) in [6, 6.07) is 10.2. The van der Waals surface area contributed by atoms with Crippen LogP contribution >= 0.6 is 11.8 Å². The summed E-state index contributed by atoms with van der Waals surface area (Å²) in [5, 5.41) is 35.0. The number of halogens is 3. The molecule has 1 aromatic heterocycles. The Bertz CT molecular complexity index is 3540. The molecule has 0 saturated carbocycles. The van der Waals surface area contributed by atoms with Gasteiger partial charge in [-0.3, -0.25) is 52.7 Å². The third kappa shape index (κ3) is 22.7. The number of aromatic nitrogens is 1. The predicted octanol–water partition coefficient (Wildman–Crippen LogP) is 1.28. The van der Waals surface area contributed by atoms with Crippen LogP contribution in [0.2, 0.25) is 0 Å². The first-order valence-corrected chi connectivity index (χ1v) is 31.4. The number of likely N-dealkylation sites (N-methyl/N-ethyl adjacent to an activating group) is 3. The van der Waals surface area contributed by atoms with Crippen molar-refractivity contribution in [2.45, 2.75) is 127 Å². The Morgan fingerprint density at radius 2 is 1.20 bits per heavy atom. The number of carboxylic acids is 1. The first-order valence-electron chi connectivity index (χ1n) is 30.3. The van der Waals surface area contributed by atoms with E-state index in [0.717, 1.165) is 42.9 Å². The van der Waals surface area contributed by atoms with E-state index in [1.165, 1.54) is 59.3 Å². The molecule has 0 aliphatic rings. The molecule has 0 fully saturated rings. The Morgan fingerprint density at radius 1 is 0.621 bits per heavy atom. The van der Waals surface area contributed by atoms with Crippen molar-refractivity contribution >= 4 is 94.0 Å². The molecule has 0 spiro atoms. The van der Waals surface area contributed by atoms with Crippen LogP contribution in [0.4, 0.5) is 13.2 Å². The van der Waals surface area contributed by atoms with Crippen LogP contribution in [0.3, 0.4) is 0 Å². The monoisotopic (exact) mass is 1340 g/mol. The SMILES string of the molecule is CC(C)C[C@H](NC(=O)[C@H](Cc1ccc(O)cc1)NC(=O)[C@@H](N)Cc1c[nH]c2ccccc12)C(=O)N[C@@H](CSCC(=O)N[C@@H](Cc1cc(F)c(F)c(F)c1)C(=O)N(C)[C@@H](Cc1ccccc1)C(=O)N(C)[C@@H](C)C(=O)N(C)[C@H](C)C(=O)N[C@H](C=O)CCC(=O)O)C(=O)NCC(N)=O. The Labute approximate surface area is 550 Å². The number of phenolic OH excluding ortho intramolecular Hbond substituents is 1. The van der Waals surface area contributed by atoms with Gasteiger partial charge in [-0.2, -0.15) is 0 Å². The van der Waals surface area contributed by atoms with Crippen LogP contribution in [0.25, 0.3) is 10.9 Å². The minimum Gasteiger partial charge on any atom is -0.508 e. The highest BCUT2D eigenvalue weighted by Crippen LogP contribution is 2.22. The van der Waals surface area contributed by atoms with Crippen molar-refractivity contribution in [2.24, 2.45) is 17.4 Å². The number of thioether (sulfide) groups is 1. The fourth-order valence-electron chi connectivity index (χ4n) is 10.0. The Morgan fingerprint density at radius 3 is 1.82 bits per heavy atom. The minimum absolute atomic E-state index is 0.0269. The number of rotatable bonds is 36. The van der Waals surface area contributed by atoms with Gasteiger partial charge < -0.3 is 78.1 Å². The number of H-pyrrole nitrogens is 1. The van der Waals surface area contributed by atoms with Gasteiger partial charge in [0.05, 0.1) is 24.4 Å². The fraction of sp³-hybridized carbons (Fsp3) is 0.415. The number of aliphatic carboxylic acids is 1. The maximum Gasteiger partial charge on any atom is 0.303 e. The van der Waals surface area contributed by atoms with Gasteiger partial charge in [-0.05, 0) is 91.6 Å². The van der Waals surface area contributed by atoms with Crippen molar-refractivity contribution in [2.75, 3.05) is 39.2 Å². The molecule has 0 aliphatic heterocycles. The van der Waals surface area contributed by atoms with Crippen LogP contribution in [0, 0.1) is 23.4 Å². The largest absolute Gasteiger partial charge is 0.508 e. The average Bonchev–Trinajstić information content (AvgIpc) is 1.64. The molecular weight excluding hydrogens is 1260 g/mol. The van der Waals surface area contributed by atoms with Crippen LogP contribution in [0.1, 0.15) is 69.2 Å². The smallest absolute Gasteiger partial charge is 0.303 e. The van der Waals surface area contributed by atoms with Gasteiger partial charge in [0.25, 0.3) is 0 Å². The first-order chi connectivity index (χ1) is 44.9. The third-order valence-corrected chi connectivity index (χ3v) is 16.7. The lowest BCUT2D eigenvalue weighted by Crippen LogP contribution is -2.59. The molecule has 1 heterocycles. The second-order valence-corrected chi connectivity index (χ2v) is 24.4. The predicted molar refractivity (Wildman–Crippen MR) is 345 cm³/mol. The van der Waals surface area contributed by atoms with Crippen molar-refractivity contribution in [3.05, 3.63) is 137 Å². The number of carbonyl (C=O) groups is 12. The number of aromatic hydroxyl groups is 1. The number of hydrogen-bond donors (Lipinski definition) is 11. The maximum atomic E-state index is 14.9. The molecule has 0 unspecified atom stereocenters. The summed E-state index contributed by atoms with van der Waals surface area (Å²) in [7, 11) is 3.71. The van der Waals surface area contributed by atoms with E-state index in [1.54, 1.807) is 50.4 Å². The van der Waals surface area contributed by atoms with E-state index in [4.69, 9.17) is 16.6 Å². The first kappa shape index (κ1) is 75.9. The lowest BCUT2D eigenvalue weighted by atomic mass is 10.00. The Balaban J connectivity index is 1.37. The van der Waals surface area contributed by atoms with Gasteiger partial charge in [-0.15, -0.1) is 11.8 Å². The number of carboxylic acid groups (broad SMARTS) is 1. The van der Waals surface area contributed by atoms with E-state index in [9.17, 15) is 75.8 Å². The van der Waals surface area contributed by atoms with E-state index in [2.05, 4.69) is 36.9 Å². The Hall–Kier alpha value is -9.84. The number of aldehydes is 1. The molecule has 13 N–H and O–H groups in total. The summed E-state index contributed by atoms with van der Waals surface area (Å²) in [5.74, 6) is -16.5. The van der Waals surface area contributed by atoms with Gasteiger partial charge in [0.1, 0.15) is 54.3 Å². The molecule has 0 aliphatic carbocycles. The van der Waals surface area contributed by atoms with Crippen LogP contribution in [-0.4, -0.2) is 195 Å². The van der Waals surface area contributed by atoms with Crippen molar-refractivity contribution in [1.29, 1.82) is 0 Å². The number of primary amides is 1. The van der Waals surface area contributed by atoms with Crippen LogP contribution in [0.15, 0.2) is 97.2 Å². The van der Waals surface area contributed by atoms with Gasteiger partial charge in [0.2, 0.25) is 59.1 Å².